The number of aromatic nitrogens is 2. The van der Waals surface area contributed by atoms with Crippen molar-refractivity contribution in [2.24, 2.45) is 7.05 Å². The fraction of sp³-hybridized carbons (Fsp3) is 0.278. The molecule has 0 aliphatic carbocycles. The maximum atomic E-state index is 13.0. The predicted octanol–water partition coefficient (Wildman–Crippen LogP) is 1.14. The van der Waals surface area contributed by atoms with Gasteiger partial charge in [0.2, 0.25) is 0 Å². The summed E-state index contributed by atoms with van der Waals surface area (Å²) in [6, 6.07) is 10.2. The minimum Gasteiger partial charge on any atom is -0.335 e. The number of sulfonamides is 1. The van der Waals surface area contributed by atoms with E-state index >= 15 is 0 Å². The van der Waals surface area contributed by atoms with Crippen LogP contribution >= 0.6 is 11.3 Å². The fourth-order valence-corrected chi connectivity index (χ4v) is 5.84. The highest BCUT2D eigenvalue weighted by Gasteiger charge is 2.32. The van der Waals surface area contributed by atoms with Gasteiger partial charge in [0.05, 0.1) is 5.39 Å². The van der Waals surface area contributed by atoms with Gasteiger partial charge in [0, 0.05) is 38.6 Å². The van der Waals surface area contributed by atoms with Crippen molar-refractivity contribution in [2.45, 2.75) is 4.21 Å². The smallest absolute Gasteiger partial charge is 0.275 e. The SMILES string of the molecule is Cn1nc(C(=O)N2CCN(S(=O)(=O)c3cccs3)CC2)c2ccccc2c1=O. The number of benzene rings is 1. The highest BCUT2D eigenvalue weighted by atomic mass is 32.2. The standard InChI is InChI=1S/C18H18N4O4S2/c1-20-17(23)14-6-3-2-5-13(14)16(19-20)18(24)21-8-10-22(11-9-21)28(25,26)15-7-4-12-27-15/h2-7,12H,8-11H2,1H3. The zero-order chi connectivity index (χ0) is 19.9. The summed E-state index contributed by atoms with van der Waals surface area (Å²) in [5.41, 5.74) is -0.0636. The molecule has 1 saturated heterocycles. The first kappa shape index (κ1) is 18.8. The number of hydrogen-bond donors (Lipinski definition) is 0. The van der Waals surface area contributed by atoms with E-state index in [9.17, 15) is 18.0 Å². The van der Waals surface area contributed by atoms with E-state index in [1.165, 1.54) is 22.7 Å². The van der Waals surface area contributed by atoms with Crippen LogP contribution in [-0.4, -0.2) is 59.5 Å². The lowest BCUT2D eigenvalue weighted by molar-refractivity contribution is 0.0692. The summed E-state index contributed by atoms with van der Waals surface area (Å²) in [5.74, 6) is -0.306. The van der Waals surface area contributed by atoms with Gasteiger partial charge in [-0.2, -0.15) is 9.40 Å². The number of piperazine rings is 1. The highest BCUT2D eigenvalue weighted by molar-refractivity contribution is 7.91. The molecule has 10 heteroatoms. The number of amides is 1. The van der Waals surface area contributed by atoms with Crippen LogP contribution in [0.2, 0.25) is 0 Å². The van der Waals surface area contributed by atoms with Crippen molar-refractivity contribution in [1.82, 2.24) is 19.0 Å². The fourth-order valence-electron chi connectivity index (χ4n) is 3.28. The number of thiophene rings is 1. The van der Waals surface area contributed by atoms with E-state index in [0.717, 1.165) is 4.68 Å². The average molecular weight is 419 g/mol. The van der Waals surface area contributed by atoms with Crippen molar-refractivity contribution >= 4 is 38.0 Å². The zero-order valence-corrected chi connectivity index (χ0v) is 16.7. The summed E-state index contributed by atoms with van der Waals surface area (Å²) in [4.78, 5) is 26.9. The molecule has 0 unspecified atom stereocenters. The number of rotatable bonds is 3. The molecule has 1 aromatic carbocycles. The molecule has 0 spiro atoms. The number of aryl methyl sites for hydroxylation is 1. The molecule has 1 fully saturated rings. The van der Waals surface area contributed by atoms with Gasteiger partial charge in [-0.1, -0.05) is 24.3 Å². The van der Waals surface area contributed by atoms with Crippen LogP contribution in [0.15, 0.2) is 50.8 Å². The Kier molecular flexibility index (Phi) is 4.77. The first-order valence-corrected chi connectivity index (χ1v) is 11.0. The van der Waals surface area contributed by atoms with Crippen LogP contribution < -0.4 is 5.56 Å². The van der Waals surface area contributed by atoms with Gasteiger partial charge in [0.15, 0.2) is 5.69 Å². The van der Waals surface area contributed by atoms with Crippen molar-refractivity contribution in [1.29, 1.82) is 0 Å². The minimum atomic E-state index is -3.53. The second-order valence-electron chi connectivity index (χ2n) is 6.45. The van der Waals surface area contributed by atoms with Gasteiger partial charge in [-0.3, -0.25) is 9.59 Å². The van der Waals surface area contributed by atoms with Crippen LogP contribution in [0.25, 0.3) is 10.8 Å². The summed E-state index contributed by atoms with van der Waals surface area (Å²) in [6.45, 7) is 0.968. The quantitative estimate of drug-likeness (QED) is 0.636. The van der Waals surface area contributed by atoms with Gasteiger partial charge >= 0.3 is 0 Å². The van der Waals surface area contributed by atoms with Crippen molar-refractivity contribution in [3.05, 3.63) is 57.8 Å². The maximum Gasteiger partial charge on any atom is 0.275 e. The first-order valence-electron chi connectivity index (χ1n) is 8.68. The van der Waals surface area contributed by atoms with E-state index in [4.69, 9.17) is 0 Å². The number of hydrogen-bond acceptors (Lipinski definition) is 6. The molecule has 0 radical (unpaired) electrons. The van der Waals surface area contributed by atoms with Crippen molar-refractivity contribution in [3.8, 4) is 0 Å². The third-order valence-electron chi connectivity index (χ3n) is 4.77. The number of carbonyl (C=O) groups is 1. The summed E-state index contributed by atoms with van der Waals surface area (Å²) in [5, 5.41) is 6.83. The van der Waals surface area contributed by atoms with Gasteiger partial charge in [0.1, 0.15) is 4.21 Å². The summed E-state index contributed by atoms with van der Waals surface area (Å²) >= 11 is 1.18. The third kappa shape index (κ3) is 3.13. The second kappa shape index (κ2) is 7.12. The number of fused-ring (bicyclic) bond motifs is 1. The molecule has 146 valence electrons. The van der Waals surface area contributed by atoms with Gasteiger partial charge < -0.3 is 4.90 Å². The van der Waals surface area contributed by atoms with Crippen molar-refractivity contribution < 1.29 is 13.2 Å². The molecule has 2 aromatic heterocycles. The van der Waals surface area contributed by atoms with Crippen molar-refractivity contribution in [2.75, 3.05) is 26.2 Å². The van der Waals surface area contributed by atoms with Crippen molar-refractivity contribution in [3.63, 3.8) is 0 Å². The van der Waals surface area contributed by atoms with E-state index < -0.39 is 10.0 Å². The highest BCUT2D eigenvalue weighted by Crippen LogP contribution is 2.23. The Morgan fingerprint density at radius 3 is 2.36 bits per heavy atom. The Morgan fingerprint density at radius 1 is 1.04 bits per heavy atom. The van der Waals surface area contributed by atoms with Gasteiger partial charge in [-0.05, 0) is 17.5 Å². The van der Waals surface area contributed by atoms with E-state index in [0.29, 0.717) is 15.0 Å². The monoisotopic (exact) mass is 418 g/mol. The van der Waals surface area contributed by atoms with Crippen LogP contribution in [0.4, 0.5) is 0 Å². The lowest BCUT2D eigenvalue weighted by Gasteiger charge is -2.33. The van der Waals surface area contributed by atoms with Crippen LogP contribution in [0.3, 0.4) is 0 Å². The Balaban J connectivity index is 1.58. The molecular formula is C18H18N4O4S2. The molecule has 0 bridgehead atoms. The Morgan fingerprint density at radius 2 is 1.71 bits per heavy atom. The van der Waals surface area contributed by atoms with E-state index in [2.05, 4.69) is 5.10 Å². The molecule has 8 nitrogen and oxygen atoms in total. The molecule has 4 rings (SSSR count). The summed E-state index contributed by atoms with van der Waals surface area (Å²) in [6.07, 6.45) is 0. The second-order valence-corrected chi connectivity index (χ2v) is 9.56. The van der Waals surface area contributed by atoms with Crippen LogP contribution in [0.5, 0.6) is 0 Å². The Hall–Kier alpha value is -2.56. The molecule has 3 aromatic rings. The summed E-state index contributed by atoms with van der Waals surface area (Å²) in [7, 11) is -2.02. The molecule has 0 atom stereocenters. The minimum absolute atomic E-state index is 0.201. The third-order valence-corrected chi connectivity index (χ3v) is 8.05. The lowest BCUT2D eigenvalue weighted by Crippen LogP contribution is -2.50. The molecule has 0 N–H and O–H groups in total. The Bertz CT molecular complexity index is 1190. The van der Waals surface area contributed by atoms with Gasteiger partial charge in [-0.15, -0.1) is 11.3 Å². The van der Waals surface area contributed by atoms with E-state index in [1.807, 2.05) is 0 Å². The first-order chi connectivity index (χ1) is 13.4. The Labute approximate surface area is 165 Å². The van der Waals surface area contributed by atoms with E-state index in [1.54, 1.807) is 46.7 Å². The molecule has 3 heterocycles. The molecule has 28 heavy (non-hydrogen) atoms. The predicted molar refractivity (Wildman–Crippen MR) is 106 cm³/mol. The molecule has 1 amide bonds. The molecule has 1 aliphatic heterocycles. The van der Waals surface area contributed by atoms with Crippen LogP contribution in [0, 0.1) is 0 Å². The van der Waals surface area contributed by atoms with Crippen LogP contribution in [-0.2, 0) is 17.1 Å². The molecule has 0 saturated carbocycles. The molecular weight excluding hydrogens is 400 g/mol. The van der Waals surface area contributed by atoms with Crippen LogP contribution in [0.1, 0.15) is 10.5 Å². The topological polar surface area (TPSA) is 92.6 Å². The lowest BCUT2D eigenvalue weighted by atomic mass is 10.1. The summed E-state index contributed by atoms with van der Waals surface area (Å²) < 4.78 is 28.1. The van der Waals surface area contributed by atoms with E-state index in [-0.39, 0.29) is 43.3 Å². The average Bonchev–Trinajstić information content (AvgIpc) is 3.26. The molecule has 1 aliphatic rings. The van der Waals surface area contributed by atoms with Gasteiger partial charge in [0.25, 0.3) is 21.5 Å². The van der Waals surface area contributed by atoms with Gasteiger partial charge in [-0.25, -0.2) is 13.1 Å². The maximum absolute atomic E-state index is 13.0. The largest absolute Gasteiger partial charge is 0.335 e. The number of carbonyl (C=O) groups excluding carboxylic acids is 1. The normalized spacial score (nSPS) is 15.8. The number of nitrogens with zero attached hydrogens (tertiary/aromatic N) is 4. The zero-order valence-electron chi connectivity index (χ0n) is 15.1.